The lowest BCUT2D eigenvalue weighted by Crippen LogP contribution is -2.13. The number of hydrogen-bond donors (Lipinski definition) is 1. The normalized spacial score (nSPS) is 12.4. The Morgan fingerprint density at radius 2 is 2.11 bits per heavy atom. The summed E-state index contributed by atoms with van der Waals surface area (Å²) in [6.07, 6.45) is 1.75. The number of rotatable bonds is 3. The van der Waals surface area contributed by atoms with Gasteiger partial charge in [0.1, 0.15) is 5.76 Å². The molecule has 1 aliphatic rings. The smallest absolute Gasteiger partial charge is 0.231 e. The molecule has 0 saturated carbocycles. The first-order chi connectivity index (χ1) is 8.81. The molecule has 1 amide bonds. The summed E-state index contributed by atoms with van der Waals surface area (Å²) in [6, 6.07) is 8.79. The van der Waals surface area contributed by atoms with E-state index in [-0.39, 0.29) is 19.1 Å². The predicted octanol–water partition coefficient (Wildman–Crippen LogP) is 2.19. The Bertz CT molecular complexity index is 562. The first-order valence-corrected chi connectivity index (χ1v) is 5.53. The van der Waals surface area contributed by atoms with Crippen molar-refractivity contribution in [2.45, 2.75) is 6.42 Å². The van der Waals surface area contributed by atoms with Crippen LogP contribution in [0.15, 0.2) is 41.0 Å². The molecule has 2 aromatic rings. The maximum atomic E-state index is 11.7. The molecule has 0 saturated heterocycles. The van der Waals surface area contributed by atoms with E-state index in [1.165, 1.54) is 0 Å². The molecule has 0 spiro atoms. The summed E-state index contributed by atoms with van der Waals surface area (Å²) >= 11 is 0. The van der Waals surface area contributed by atoms with Crippen molar-refractivity contribution in [1.82, 2.24) is 0 Å². The highest BCUT2D eigenvalue weighted by Gasteiger charge is 2.14. The molecular weight excluding hydrogens is 234 g/mol. The van der Waals surface area contributed by atoms with Crippen molar-refractivity contribution in [3.05, 3.63) is 42.4 Å². The third-order valence-corrected chi connectivity index (χ3v) is 2.57. The molecule has 0 bridgehead atoms. The van der Waals surface area contributed by atoms with E-state index in [1.54, 1.807) is 36.6 Å². The summed E-state index contributed by atoms with van der Waals surface area (Å²) in [5, 5.41) is 2.78. The Kier molecular flexibility index (Phi) is 2.64. The van der Waals surface area contributed by atoms with Crippen LogP contribution in [-0.4, -0.2) is 12.7 Å². The minimum Gasteiger partial charge on any atom is -0.469 e. The molecule has 1 aliphatic heterocycles. The second-order valence-electron chi connectivity index (χ2n) is 3.87. The minimum absolute atomic E-state index is 0.135. The van der Waals surface area contributed by atoms with Crippen LogP contribution in [0.4, 0.5) is 5.69 Å². The van der Waals surface area contributed by atoms with Crippen molar-refractivity contribution in [3.63, 3.8) is 0 Å². The molecule has 5 heteroatoms. The van der Waals surface area contributed by atoms with E-state index in [2.05, 4.69) is 5.32 Å². The second-order valence-corrected chi connectivity index (χ2v) is 3.87. The zero-order valence-corrected chi connectivity index (χ0v) is 9.51. The number of fused-ring (bicyclic) bond motifs is 1. The van der Waals surface area contributed by atoms with Crippen LogP contribution in [-0.2, 0) is 11.2 Å². The number of furan rings is 1. The predicted molar refractivity (Wildman–Crippen MR) is 63.6 cm³/mol. The molecule has 92 valence electrons. The fourth-order valence-corrected chi connectivity index (χ4v) is 1.75. The number of hydrogen-bond acceptors (Lipinski definition) is 4. The lowest BCUT2D eigenvalue weighted by atomic mass is 10.2. The van der Waals surface area contributed by atoms with Gasteiger partial charge in [-0.15, -0.1) is 0 Å². The summed E-state index contributed by atoms with van der Waals surface area (Å²) in [4.78, 5) is 11.7. The number of nitrogens with one attached hydrogen (secondary N) is 1. The van der Waals surface area contributed by atoms with E-state index in [0.717, 1.165) is 0 Å². The van der Waals surface area contributed by atoms with Gasteiger partial charge in [-0.1, -0.05) is 0 Å². The quantitative estimate of drug-likeness (QED) is 0.900. The van der Waals surface area contributed by atoms with Gasteiger partial charge in [0, 0.05) is 11.8 Å². The third-order valence-electron chi connectivity index (χ3n) is 2.57. The zero-order chi connectivity index (χ0) is 12.4. The van der Waals surface area contributed by atoms with Crippen LogP contribution in [0.1, 0.15) is 5.76 Å². The Hall–Kier alpha value is -2.43. The molecule has 0 unspecified atom stereocenters. The first kappa shape index (κ1) is 10.7. The van der Waals surface area contributed by atoms with E-state index in [4.69, 9.17) is 13.9 Å². The highest BCUT2D eigenvalue weighted by Crippen LogP contribution is 2.34. The van der Waals surface area contributed by atoms with Gasteiger partial charge in [0.05, 0.1) is 12.7 Å². The van der Waals surface area contributed by atoms with E-state index < -0.39 is 0 Å². The van der Waals surface area contributed by atoms with Crippen molar-refractivity contribution in [3.8, 4) is 11.5 Å². The van der Waals surface area contributed by atoms with E-state index in [9.17, 15) is 4.79 Å². The Morgan fingerprint density at radius 1 is 1.22 bits per heavy atom. The van der Waals surface area contributed by atoms with Crippen LogP contribution < -0.4 is 14.8 Å². The van der Waals surface area contributed by atoms with Gasteiger partial charge in [0.15, 0.2) is 11.5 Å². The number of ether oxygens (including phenoxy) is 2. The molecule has 2 heterocycles. The topological polar surface area (TPSA) is 60.7 Å². The van der Waals surface area contributed by atoms with Gasteiger partial charge in [-0.2, -0.15) is 0 Å². The largest absolute Gasteiger partial charge is 0.469 e. The molecule has 18 heavy (non-hydrogen) atoms. The standard InChI is InChI=1S/C13H11NO4/c15-13(7-10-2-1-5-16-10)14-9-3-4-11-12(6-9)18-8-17-11/h1-6H,7-8H2,(H,14,15). The van der Waals surface area contributed by atoms with Crippen molar-refractivity contribution < 1.29 is 18.7 Å². The van der Waals surface area contributed by atoms with Gasteiger partial charge in [0.25, 0.3) is 0 Å². The average molecular weight is 245 g/mol. The van der Waals surface area contributed by atoms with E-state index in [1.807, 2.05) is 0 Å². The number of benzene rings is 1. The monoisotopic (exact) mass is 245 g/mol. The maximum absolute atomic E-state index is 11.7. The lowest BCUT2D eigenvalue weighted by Gasteiger charge is -2.05. The molecule has 3 rings (SSSR count). The minimum atomic E-state index is -0.135. The number of anilines is 1. The summed E-state index contributed by atoms with van der Waals surface area (Å²) in [5.41, 5.74) is 0.677. The molecule has 1 aromatic carbocycles. The second kappa shape index (κ2) is 4.44. The van der Waals surface area contributed by atoms with Crippen LogP contribution in [0, 0.1) is 0 Å². The van der Waals surface area contributed by atoms with Gasteiger partial charge in [-0.05, 0) is 24.3 Å². The highest BCUT2D eigenvalue weighted by molar-refractivity contribution is 5.92. The van der Waals surface area contributed by atoms with Crippen molar-refractivity contribution in [2.75, 3.05) is 12.1 Å². The molecule has 1 N–H and O–H groups in total. The third kappa shape index (κ3) is 2.15. The fraction of sp³-hybridized carbons (Fsp3) is 0.154. The van der Waals surface area contributed by atoms with Crippen LogP contribution >= 0.6 is 0 Å². The van der Waals surface area contributed by atoms with Gasteiger partial charge >= 0.3 is 0 Å². The lowest BCUT2D eigenvalue weighted by molar-refractivity contribution is -0.115. The van der Waals surface area contributed by atoms with Crippen molar-refractivity contribution in [2.24, 2.45) is 0 Å². The molecular formula is C13H11NO4. The van der Waals surface area contributed by atoms with E-state index >= 15 is 0 Å². The summed E-state index contributed by atoms with van der Waals surface area (Å²) in [7, 11) is 0. The summed E-state index contributed by atoms with van der Waals surface area (Å²) < 4.78 is 15.5. The Labute approximate surface area is 103 Å². The summed E-state index contributed by atoms with van der Waals surface area (Å²) in [6.45, 7) is 0.221. The van der Waals surface area contributed by atoms with Crippen LogP contribution in [0.3, 0.4) is 0 Å². The first-order valence-electron chi connectivity index (χ1n) is 5.53. The van der Waals surface area contributed by atoms with Crippen molar-refractivity contribution in [1.29, 1.82) is 0 Å². The molecule has 0 atom stereocenters. The average Bonchev–Trinajstić information content (AvgIpc) is 2.98. The molecule has 0 fully saturated rings. The maximum Gasteiger partial charge on any atom is 0.231 e. The Balaban J connectivity index is 1.67. The van der Waals surface area contributed by atoms with Gasteiger partial charge in [-0.25, -0.2) is 0 Å². The van der Waals surface area contributed by atoms with E-state index in [0.29, 0.717) is 22.9 Å². The Morgan fingerprint density at radius 3 is 2.94 bits per heavy atom. The van der Waals surface area contributed by atoms with Gasteiger partial charge in [0.2, 0.25) is 12.7 Å². The molecule has 5 nitrogen and oxygen atoms in total. The number of carbonyl (C=O) groups excluding carboxylic acids is 1. The van der Waals surface area contributed by atoms with Crippen LogP contribution in [0.2, 0.25) is 0 Å². The van der Waals surface area contributed by atoms with Crippen LogP contribution in [0.25, 0.3) is 0 Å². The molecule has 0 radical (unpaired) electrons. The van der Waals surface area contributed by atoms with Crippen LogP contribution in [0.5, 0.6) is 11.5 Å². The van der Waals surface area contributed by atoms with Gasteiger partial charge in [-0.3, -0.25) is 4.79 Å². The molecule has 0 aliphatic carbocycles. The van der Waals surface area contributed by atoms with Crippen molar-refractivity contribution >= 4 is 11.6 Å². The molecule has 1 aromatic heterocycles. The number of carbonyl (C=O) groups is 1. The fourth-order valence-electron chi connectivity index (χ4n) is 1.75. The summed E-state index contributed by atoms with van der Waals surface area (Å²) in [5.74, 6) is 1.84. The highest BCUT2D eigenvalue weighted by atomic mass is 16.7. The van der Waals surface area contributed by atoms with Gasteiger partial charge < -0.3 is 19.2 Å². The number of amides is 1. The zero-order valence-electron chi connectivity index (χ0n) is 9.51. The SMILES string of the molecule is O=C(Cc1ccco1)Nc1ccc2c(c1)OCO2.